The molecule has 0 unspecified atom stereocenters. The SMILES string of the molecule is C=Cc1cc(-c2ccc(O[C@@H](C)CC)cc2)ccc1-c1ccc(O[C@H](C)CC)cc1. The highest BCUT2D eigenvalue weighted by atomic mass is 16.5. The first-order chi connectivity index (χ1) is 14.5. The van der Waals surface area contributed by atoms with Crippen LogP contribution in [0.5, 0.6) is 11.5 Å². The van der Waals surface area contributed by atoms with Crippen molar-refractivity contribution in [3.05, 3.63) is 78.9 Å². The number of hydrogen-bond acceptors (Lipinski definition) is 2. The van der Waals surface area contributed by atoms with Crippen LogP contribution in [0.3, 0.4) is 0 Å². The largest absolute Gasteiger partial charge is 0.491 e. The Balaban J connectivity index is 1.82. The first kappa shape index (κ1) is 21.7. The van der Waals surface area contributed by atoms with Crippen molar-refractivity contribution in [2.45, 2.75) is 52.7 Å². The zero-order valence-electron chi connectivity index (χ0n) is 18.5. The fourth-order valence-corrected chi connectivity index (χ4v) is 3.24. The van der Waals surface area contributed by atoms with Gasteiger partial charge in [0, 0.05) is 0 Å². The number of hydrogen-bond donors (Lipinski definition) is 0. The molecule has 0 radical (unpaired) electrons. The van der Waals surface area contributed by atoms with E-state index in [1.165, 1.54) is 16.7 Å². The van der Waals surface area contributed by atoms with Crippen LogP contribution in [0.1, 0.15) is 46.1 Å². The predicted molar refractivity (Wildman–Crippen MR) is 128 cm³/mol. The van der Waals surface area contributed by atoms with Crippen LogP contribution >= 0.6 is 0 Å². The molecule has 0 spiro atoms. The molecule has 3 aromatic carbocycles. The Kier molecular flexibility index (Phi) is 7.35. The third-order valence-electron chi connectivity index (χ3n) is 5.45. The Morgan fingerprint density at radius 1 is 0.700 bits per heavy atom. The van der Waals surface area contributed by atoms with E-state index in [4.69, 9.17) is 9.47 Å². The van der Waals surface area contributed by atoms with Gasteiger partial charge in [-0.25, -0.2) is 0 Å². The first-order valence-corrected chi connectivity index (χ1v) is 10.8. The molecule has 0 saturated carbocycles. The standard InChI is InChI=1S/C28H32O2/c1-6-20(4)29-26-14-9-23(10-15-26)25-13-18-28(22(8-3)19-25)24-11-16-27(17-12-24)30-21(5)7-2/h8-21H,3,6-7H2,1-2,4-5H3/t20-,21+/m0/s1. The minimum atomic E-state index is 0.223. The van der Waals surface area contributed by atoms with E-state index in [9.17, 15) is 0 Å². The molecule has 0 bridgehead atoms. The maximum Gasteiger partial charge on any atom is 0.119 e. The van der Waals surface area contributed by atoms with Crippen molar-refractivity contribution in [2.24, 2.45) is 0 Å². The molecule has 2 heteroatoms. The van der Waals surface area contributed by atoms with Gasteiger partial charge in [0.2, 0.25) is 0 Å². The summed E-state index contributed by atoms with van der Waals surface area (Å²) in [6.45, 7) is 12.5. The van der Waals surface area contributed by atoms with Crippen LogP contribution < -0.4 is 9.47 Å². The molecule has 0 aliphatic rings. The minimum absolute atomic E-state index is 0.223. The summed E-state index contributed by atoms with van der Waals surface area (Å²) in [6.07, 6.45) is 4.36. The van der Waals surface area contributed by atoms with Crippen LogP contribution in [-0.4, -0.2) is 12.2 Å². The molecule has 2 atom stereocenters. The summed E-state index contributed by atoms with van der Waals surface area (Å²) in [5.74, 6) is 1.82. The molecule has 0 amide bonds. The molecule has 0 saturated heterocycles. The Morgan fingerprint density at radius 2 is 1.17 bits per heavy atom. The molecular weight excluding hydrogens is 368 g/mol. The summed E-state index contributed by atoms with van der Waals surface area (Å²) >= 11 is 0. The maximum atomic E-state index is 5.90. The molecule has 3 aromatic rings. The summed E-state index contributed by atoms with van der Waals surface area (Å²) in [4.78, 5) is 0. The quantitative estimate of drug-likeness (QED) is 0.362. The lowest BCUT2D eigenvalue weighted by atomic mass is 9.95. The van der Waals surface area contributed by atoms with Crippen molar-refractivity contribution in [3.8, 4) is 33.8 Å². The fourth-order valence-electron chi connectivity index (χ4n) is 3.24. The van der Waals surface area contributed by atoms with Crippen LogP contribution in [0.15, 0.2) is 73.3 Å². The predicted octanol–water partition coefficient (Wildman–Crippen LogP) is 8.02. The summed E-state index contributed by atoms with van der Waals surface area (Å²) in [6, 6.07) is 23.1. The van der Waals surface area contributed by atoms with E-state index in [-0.39, 0.29) is 12.2 Å². The molecule has 30 heavy (non-hydrogen) atoms. The van der Waals surface area contributed by atoms with Crippen LogP contribution in [0, 0.1) is 0 Å². The van der Waals surface area contributed by atoms with Gasteiger partial charge in [-0.2, -0.15) is 0 Å². The summed E-state index contributed by atoms with van der Waals surface area (Å²) in [7, 11) is 0. The Morgan fingerprint density at radius 3 is 1.63 bits per heavy atom. The number of benzene rings is 3. The molecule has 3 rings (SSSR count). The van der Waals surface area contributed by atoms with Crippen LogP contribution in [0.2, 0.25) is 0 Å². The van der Waals surface area contributed by atoms with Gasteiger partial charge < -0.3 is 9.47 Å². The van der Waals surface area contributed by atoms with Crippen LogP contribution in [-0.2, 0) is 0 Å². The normalized spacial score (nSPS) is 12.8. The van der Waals surface area contributed by atoms with Gasteiger partial charge in [0.25, 0.3) is 0 Å². The van der Waals surface area contributed by atoms with E-state index in [0.717, 1.165) is 35.5 Å². The lowest BCUT2D eigenvalue weighted by molar-refractivity contribution is 0.217. The summed E-state index contributed by atoms with van der Waals surface area (Å²) in [5.41, 5.74) is 5.77. The molecular formula is C28H32O2. The molecule has 0 heterocycles. The highest BCUT2D eigenvalue weighted by molar-refractivity contribution is 5.79. The van der Waals surface area contributed by atoms with E-state index >= 15 is 0 Å². The van der Waals surface area contributed by atoms with Crippen molar-refractivity contribution >= 4 is 6.08 Å². The van der Waals surface area contributed by atoms with Crippen molar-refractivity contribution in [1.29, 1.82) is 0 Å². The zero-order chi connectivity index (χ0) is 21.5. The Bertz CT molecular complexity index is 955. The van der Waals surface area contributed by atoms with Crippen molar-refractivity contribution in [3.63, 3.8) is 0 Å². The Labute approximate surface area is 181 Å². The fraction of sp³-hybridized carbons (Fsp3) is 0.286. The van der Waals surface area contributed by atoms with Crippen molar-refractivity contribution < 1.29 is 9.47 Å². The molecule has 156 valence electrons. The van der Waals surface area contributed by atoms with Gasteiger partial charge in [-0.15, -0.1) is 0 Å². The summed E-state index contributed by atoms with van der Waals surface area (Å²) < 4.78 is 11.8. The van der Waals surface area contributed by atoms with Crippen molar-refractivity contribution in [1.82, 2.24) is 0 Å². The minimum Gasteiger partial charge on any atom is -0.491 e. The second-order valence-corrected chi connectivity index (χ2v) is 7.73. The number of ether oxygens (including phenoxy) is 2. The van der Waals surface area contributed by atoms with E-state index < -0.39 is 0 Å². The van der Waals surface area contributed by atoms with E-state index in [2.05, 4.69) is 76.7 Å². The zero-order valence-corrected chi connectivity index (χ0v) is 18.5. The van der Waals surface area contributed by atoms with Crippen LogP contribution in [0.25, 0.3) is 28.3 Å². The van der Waals surface area contributed by atoms with E-state index in [1.54, 1.807) is 0 Å². The van der Waals surface area contributed by atoms with Gasteiger partial charge in [-0.3, -0.25) is 0 Å². The highest BCUT2D eigenvalue weighted by Gasteiger charge is 2.08. The monoisotopic (exact) mass is 400 g/mol. The van der Waals surface area contributed by atoms with Gasteiger partial charge in [-0.05, 0) is 84.8 Å². The molecule has 0 aromatic heterocycles. The van der Waals surface area contributed by atoms with E-state index in [0.29, 0.717) is 0 Å². The highest BCUT2D eigenvalue weighted by Crippen LogP contribution is 2.31. The number of rotatable bonds is 9. The molecule has 0 aliphatic carbocycles. The lowest BCUT2D eigenvalue weighted by Crippen LogP contribution is -2.09. The smallest absolute Gasteiger partial charge is 0.119 e. The van der Waals surface area contributed by atoms with E-state index in [1.807, 2.05) is 30.3 Å². The second-order valence-electron chi connectivity index (χ2n) is 7.73. The van der Waals surface area contributed by atoms with Gasteiger partial charge in [0.15, 0.2) is 0 Å². The molecule has 0 fully saturated rings. The van der Waals surface area contributed by atoms with Gasteiger partial charge in [-0.1, -0.05) is 62.9 Å². The second kappa shape index (κ2) is 10.2. The van der Waals surface area contributed by atoms with Gasteiger partial charge in [0.1, 0.15) is 11.5 Å². The lowest BCUT2D eigenvalue weighted by Gasteiger charge is -2.14. The average Bonchev–Trinajstić information content (AvgIpc) is 2.79. The Hall–Kier alpha value is -3.00. The van der Waals surface area contributed by atoms with Crippen molar-refractivity contribution in [2.75, 3.05) is 0 Å². The molecule has 0 aliphatic heterocycles. The maximum absolute atomic E-state index is 5.90. The first-order valence-electron chi connectivity index (χ1n) is 10.8. The topological polar surface area (TPSA) is 18.5 Å². The van der Waals surface area contributed by atoms with Gasteiger partial charge in [0.05, 0.1) is 12.2 Å². The molecule has 2 nitrogen and oxygen atoms in total. The van der Waals surface area contributed by atoms with Gasteiger partial charge >= 0.3 is 0 Å². The van der Waals surface area contributed by atoms with Crippen LogP contribution in [0.4, 0.5) is 0 Å². The molecule has 0 N–H and O–H groups in total. The average molecular weight is 401 g/mol. The third-order valence-corrected chi connectivity index (χ3v) is 5.45. The summed E-state index contributed by atoms with van der Waals surface area (Å²) in [5, 5.41) is 0. The third kappa shape index (κ3) is 5.33.